The summed E-state index contributed by atoms with van der Waals surface area (Å²) in [6.07, 6.45) is 1.03. The molecule has 0 radical (unpaired) electrons. The lowest BCUT2D eigenvalue weighted by molar-refractivity contribution is 0.0636. The molecule has 0 spiro atoms. The molecule has 2 aromatic rings. The zero-order valence-corrected chi connectivity index (χ0v) is 10.1. The smallest absolute Gasteiger partial charge is 0.412 e. The van der Waals surface area contributed by atoms with Crippen molar-refractivity contribution < 1.29 is 13.9 Å². The Labute approximate surface area is 99.6 Å². The summed E-state index contributed by atoms with van der Waals surface area (Å²) in [5.74, 6) is 0. The lowest BCUT2D eigenvalue weighted by atomic mass is 10.2. The third-order valence-corrected chi connectivity index (χ3v) is 2.12. The fourth-order valence-electron chi connectivity index (χ4n) is 1.49. The van der Waals surface area contributed by atoms with Crippen molar-refractivity contribution in [2.45, 2.75) is 26.4 Å². The van der Waals surface area contributed by atoms with Gasteiger partial charge in [-0.05, 0) is 32.9 Å². The predicted molar refractivity (Wildman–Crippen MR) is 66.1 cm³/mol. The average molecular weight is 233 g/mol. The van der Waals surface area contributed by atoms with Gasteiger partial charge in [-0.25, -0.2) is 4.79 Å². The first-order valence-electron chi connectivity index (χ1n) is 5.42. The molecule has 1 N–H and O–H groups in total. The van der Waals surface area contributed by atoms with Crippen LogP contribution in [0.25, 0.3) is 11.0 Å². The van der Waals surface area contributed by atoms with E-state index in [-0.39, 0.29) is 0 Å². The van der Waals surface area contributed by atoms with Gasteiger partial charge in [0.15, 0.2) is 0 Å². The number of para-hydroxylation sites is 1. The first kappa shape index (κ1) is 11.5. The van der Waals surface area contributed by atoms with E-state index in [0.717, 1.165) is 11.0 Å². The van der Waals surface area contributed by atoms with Crippen molar-refractivity contribution >= 4 is 22.7 Å². The van der Waals surface area contributed by atoms with Gasteiger partial charge < -0.3 is 9.15 Å². The van der Waals surface area contributed by atoms with E-state index < -0.39 is 11.7 Å². The average Bonchev–Trinajstić information content (AvgIpc) is 2.59. The number of hydrogen-bond donors (Lipinski definition) is 1. The van der Waals surface area contributed by atoms with E-state index in [1.165, 1.54) is 6.26 Å². The molecule has 17 heavy (non-hydrogen) atoms. The van der Waals surface area contributed by atoms with Crippen molar-refractivity contribution in [1.82, 2.24) is 0 Å². The van der Waals surface area contributed by atoms with Gasteiger partial charge in [-0.2, -0.15) is 0 Å². The zero-order valence-electron chi connectivity index (χ0n) is 10.1. The second-order valence-corrected chi connectivity index (χ2v) is 4.77. The number of furan rings is 1. The van der Waals surface area contributed by atoms with Gasteiger partial charge in [0.05, 0.1) is 5.69 Å². The van der Waals surface area contributed by atoms with Crippen molar-refractivity contribution in [2.75, 3.05) is 5.32 Å². The van der Waals surface area contributed by atoms with Gasteiger partial charge in [0.1, 0.15) is 17.4 Å². The van der Waals surface area contributed by atoms with E-state index in [9.17, 15) is 4.79 Å². The molecule has 0 saturated heterocycles. The summed E-state index contributed by atoms with van der Waals surface area (Å²) in [5.41, 5.74) is 0.845. The largest absolute Gasteiger partial charge is 0.462 e. The molecule has 2 rings (SSSR count). The van der Waals surface area contributed by atoms with Crippen LogP contribution in [-0.4, -0.2) is 11.7 Å². The normalized spacial score (nSPS) is 11.5. The highest BCUT2D eigenvalue weighted by Crippen LogP contribution is 2.25. The van der Waals surface area contributed by atoms with E-state index in [2.05, 4.69) is 5.32 Å². The number of nitrogens with one attached hydrogen (secondary N) is 1. The summed E-state index contributed by atoms with van der Waals surface area (Å²) in [6, 6.07) is 7.49. The fourth-order valence-corrected chi connectivity index (χ4v) is 1.49. The highest BCUT2D eigenvalue weighted by atomic mass is 16.6. The van der Waals surface area contributed by atoms with Crippen LogP contribution in [0.5, 0.6) is 0 Å². The molecule has 1 aromatic carbocycles. The van der Waals surface area contributed by atoms with Crippen molar-refractivity contribution in [3.8, 4) is 0 Å². The second-order valence-electron chi connectivity index (χ2n) is 4.77. The minimum atomic E-state index is -0.510. The molecule has 4 nitrogen and oxygen atoms in total. The molecule has 0 aliphatic carbocycles. The molecule has 90 valence electrons. The van der Waals surface area contributed by atoms with Gasteiger partial charge >= 0.3 is 6.09 Å². The molecule has 1 heterocycles. The third kappa shape index (κ3) is 2.78. The van der Waals surface area contributed by atoms with Gasteiger partial charge in [0.25, 0.3) is 0 Å². The standard InChI is InChI=1S/C13H15NO3/c1-13(2,3)17-12(15)14-10-8-16-11-7-5-4-6-9(10)11/h4-8H,1-3H3,(H,14,15). The molecule has 0 unspecified atom stereocenters. The number of carbonyl (C=O) groups excluding carboxylic acids is 1. The van der Waals surface area contributed by atoms with E-state index in [1.807, 2.05) is 45.0 Å². The quantitative estimate of drug-likeness (QED) is 0.815. The number of amides is 1. The molecular formula is C13H15NO3. The summed E-state index contributed by atoms with van der Waals surface area (Å²) in [6.45, 7) is 5.46. The van der Waals surface area contributed by atoms with Crippen molar-refractivity contribution in [3.05, 3.63) is 30.5 Å². The minimum Gasteiger partial charge on any atom is -0.462 e. The maximum absolute atomic E-state index is 11.6. The zero-order chi connectivity index (χ0) is 12.5. The molecule has 1 aromatic heterocycles. The maximum atomic E-state index is 11.6. The first-order chi connectivity index (χ1) is 7.96. The van der Waals surface area contributed by atoms with Gasteiger partial charge in [0, 0.05) is 5.39 Å². The summed E-state index contributed by atoms with van der Waals surface area (Å²) in [5, 5.41) is 3.53. The second kappa shape index (κ2) is 4.13. The summed E-state index contributed by atoms with van der Waals surface area (Å²) >= 11 is 0. The molecule has 0 aliphatic rings. The SMILES string of the molecule is CC(C)(C)OC(=O)Nc1coc2ccccc12. The number of benzene rings is 1. The number of carbonyl (C=O) groups is 1. The third-order valence-electron chi connectivity index (χ3n) is 2.12. The van der Waals surface area contributed by atoms with Crippen LogP contribution in [0.2, 0.25) is 0 Å². The topological polar surface area (TPSA) is 51.5 Å². The molecule has 0 fully saturated rings. The van der Waals surface area contributed by atoms with Crippen molar-refractivity contribution in [1.29, 1.82) is 0 Å². The van der Waals surface area contributed by atoms with Crippen LogP contribution in [0.1, 0.15) is 20.8 Å². The van der Waals surface area contributed by atoms with Gasteiger partial charge in [0.2, 0.25) is 0 Å². The summed E-state index contributed by atoms with van der Waals surface area (Å²) < 4.78 is 10.5. The number of fused-ring (bicyclic) bond motifs is 1. The Kier molecular flexibility index (Phi) is 2.79. The first-order valence-corrected chi connectivity index (χ1v) is 5.42. The Bertz CT molecular complexity index is 537. The lowest BCUT2D eigenvalue weighted by Gasteiger charge is -2.19. The van der Waals surface area contributed by atoms with E-state index >= 15 is 0 Å². The van der Waals surface area contributed by atoms with E-state index in [1.54, 1.807) is 0 Å². The molecule has 0 aliphatic heterocycles. The molecular weight excluding hydrogens is 218 g/mol. The molecule has 0 bridgehead atoms. The van der Waals surface area contributed by atoms with Crippen LogP contribution in [0, 0.1) is 0 Å². The number of rotatable bonds is 1. The number of hydrogen-bond acceptors (Lipinski definition) is 3. The molecule has 0 atom stereocenters. The highest BCUT2D eigenvalue weighted by molar-refractivity contribution is 5.98. The minimum absolute atomic E-state index is 0.482. The Balaban J connectivity index is 2.16. The van der Waals surface area contributed by atoms with Gasteiger partial charge in [-0.15, -0.1) is 0 Å². The number of ether oxygens (including phenoxy) is 1. The molecule has 1 amide bonds. The highest BCUT2D eigenvalue weighted by Gasteiger charge is 2.17. The van der Waals surface area contributed by atoms with Crippen molar-refractivity contribution in [2.24, 2.45) is 0 Å². The predicted octanol–water partition coefficient (Wildman–Crippen LogP) is 3.78. The summed E-state index contributed by atoms with van der Waals surface area (Å²) in [4.78, 5) is 11.6. The van der Waals surface area contributed by atoms with Crippen molar-refractivity contribution in [3.63, 3.8) is 0 Å². The monoisotopic (exact) mass is 233 g/mol. The van der Waals surface area contributed by atoms with Crippen LogP contribution in [-0.2, 0) is 4.74 Å². The van der Waals surface area contributed by atoms with E-state index in [0.29, 0.717) is 5.69 Å². The Morgan fingerprint density at radius 3 is 2.71 bits per heavy atom. The van der Waals surface area contributed by atoms with Crippen LogP contribution in [0.4, 0.5) is 10.5 Å². The van der Waals surface area contributed by atoms with Crippen LogP contribution < -0.4 is 5.32 Å². The molecule has 0 saturated carbocycles. The van der Waals surface area contributed by atoms with Gasteiger partial charge in [-0.3, -0.25) is 5.32 Å². The maximum Gasteiger partial charge on any atom is 0.412 e. The van der Waals surface area contributed by atoms with Crippen LogP contribution in [0.3, 0.4) is 0 Å². The Morgan fingerprint density at radius 1 is 1.29 bits per heavy atom. The molecule has 4 heteroatoms. The van der Waals surface area contributed by atoms with Crippen LogP contribution >= 0.6 is 0 Å². The lowest BCUT2D eigenvalue weighted by Crippen LogP contribution is -2.27. The van der Waals surface area contributed by atoms with Gasteiger partial charge in [-0.1, -0.05) is 12.1 Å². The van der Waals surface area contributed by atoms with E-state index in [4.69, 9.17) is 9.15 Å². The number of anilines is 1. The Hall–Kier alpha value is -1.97. The summed E-state index contributed by atoms with van der Waals surface area (Å²) in [7, 11) is 0. The Morgan fingerprint density at radius 2 is 2.00 bits per heavy atom. The fraction of sp³-hybridized carbons (Fsp3) is 0.308. The van der Waals surface area contributed by atoms with Crippen LogP contribution in [0.15, 0.2) is 34.9 Å².